The highest BCUT2D eigenvalue weighted by Crippen LogP contribution is 2.28. The molecule has 2 aliphatic rings. The van der Waals surface area contributed by atoms with Gasteiger partial charge in [-0.15, -0.1) is 0 Å². The fraction of sp³-hybridized carbons (Fsp3) is 0.611. The second-order valence-electron chi connectivity index (χ2n) is 6.48. The minimum absolute atomic E-state index is 0.117. The number of hydrogen-bond donors (Lipinski definition) is 1. The van der Waals surface area contributed by atoms with Gasteiger partial charge < -0.3 is 10.2 Å². The van der Waals surface area contributed by atoms with Gasteiger partial charge in [-0.2, -0.15) is 0 Å². The molecule has 3 rings (SSSR count). The molecule has 1 saturated heterocycles. The number of benzene rings is 1. The number of carbonyl (C=O) groups excluding carboxylic acids is 1. The molecule has 22 heavy (non-hydrogen) atoms. The molecule has 0 radical (unpaired) electrons. The second-order valence-corrected chi connectivity index (χ2v) is 6.89. The summed E-state index contributed by atoms with van der Waals surface area (Å²) in [6.45, 7) is 1.91. The summed E-state index contributed by atoms with van der Waals surface area (Å²) in [5.74, 6) is 0.117. The van der Waals surface area contributed by atoms with Crippen molar-refractivity contribution in [2.75, 3.05) is 13.1 Å². The lowest BCUT2D eigenvalue weighted by Crippen LogP contribution is -2.48. The number of carbonyl (C=O) groups is 1. The summed E-state index contributed by atoms with van der Waals surface area (Å²) in [5, 5.41) is 3.97. The molecule has 1 aromatic rings. The Labute approximate surface area is 138 Å². The molecule has 1 amide bonds. The number of halogens is 1. The summed E-state index contributed by atoms with van der Waals surface area (Å²) >= 11 is 6.28. The van der Waals surface area contributed by atoms with Gasteiger partial charge >= 0.3 is 0 Å². The molecule has 120 valence electrons. The van der Waals surface area contributed by atoms with E-state index in [0.29, 0.717) is 22.7 Å². The van der Waals surface area contributed by atoms with Gasteiger partial charge in [-0.3, -0.25) is 4.79 Å². The van der Waals surface area contributed by atoms with Crippen molar-refractivity contribution in [2.45, 2.75) is 57.0 Å². The molecule has 1 atom stereocenters. The van der Waals surface area contributed by atoms with E-state index >= 15 is 0 Å². The van der Waals surface area contributed by atoms with Crippen LogP contribution < -0.4 is 5.32 Å². The first kappa shape index (κ1) is 15.8. The Bertz CT molecular complexity index is 506. The highest BCUT2D eigenvalue weighted by atomic mass is 35.5. The average Bonchev–Trinajstić information content (AvgIpc) is 2.91. The molecule has 0 bridgehead atoms. The molecule has 1 aliphatic carbocycles. The SMILES string of the molecule is O=C(c1ccccc1Cl)N(C1CCCCCC1)C1CCNC1. The number of rotatable bonds is 3. The Balaban J connectivity index is 1.87. The Morgan fingerprint density at radius 2 is 1.77 bits per heavy atom. The monoisotopic (exact) mass is 320 g/mol. The van der Waals surface area contributed by atoms with Crippen molar-refractivity contribution in [3.8, 4) is 0 Å². The highest BCUT2D eigenvalue weighted by Gasteiger charge is 2.33. The van der Waals surface area contributed by atoms with E-state index in [1.165, 1.54) is 25.7 Å². The molecule has 1 heterocycles. The van der Waals surface area contributed by atoms with Crippen LogP contribution in [-0.2, 0) is 0 Å². The maximum Gasteiger partial charge on any atom is 0.255 e. The van der Waals surface area contributed by atoms with Crippen molar-refractivity contribution in [1.29, 1.82) is 0 Å². The lowest BCUT2D eigenvalue weighted by molar-refractivity contribution is 0.0567. The van der Waals surface area contributed by atoms with Crippen molar-refractivity contribution in [1.82, 2.24) is 10.2 Å². The lowest BCUT2D eigenvalue weighted by Gasteiger charge is -2.36. The zero-order chi connectivity index (χ0) is 15.4. The van der Waals surface area contributed by atoms with E-state index in [4.69, 9.17) is 11.6 Å². The molecular formula is C18H25ClN2O. The van der Waals surface area contributed by atoms with Crippen LogP contribution in [0, 0.1) is 0 Å². The van der Waals surface area contributed by atoms with Crippen molar-refractivity contribution in [2.24, 2.45) is 0 Å². The lowest BCUT2D eigenvalue weighted by atomic mass is 10.0. The fourth-order valence-electron chi connectivity index (χ4n) is 3.82. The van der Waals surface area contributed by atoms with Crippen molar-refractivity contribution in [3.05, 3.63) is 34.9 Å². The minimum Gasteiger partial charge on any atom is -0.331 e. The number of amides is 1. The summed E-state index contributed by atoms with van der Waals surface area (Å²) in [6, 6.07) is 8.13. The van der Waals surface area contributed by atoms with E-state index in [2.05, 4.69) is 10.2 Å². The molecule has 0 spiro atoms. The van der Waals surface area contributed by atoms with Crippen LogP contribution in [0.1, 0.15) is 55.3 Å². The fourth-order valence-corrected chi connectivity index (χ4v) is 4.03. The molecule has 2 fully saturated rings. The predicted octanol–water partition coefficient (Wildman–Crippen LogP) is 3.87. The number of nitrogens with zero attached hydrogens (tertiary/aromatic N) is 1. The molecule has 0 aromatic heterocycles. The van der Waals surface area contributed by atoms with Gasteiger partial charge in [0.15, 0.2) is 0 Å². The van der Waals surface area contributed by atoms with E-state index in [1.807, 2.05) is 24.3 Å². The highest BCUT2D eigenvalue weighted by molar-refractivity contribution is 6.33. The van der Waals surface area contributed by atoms with E-state index in [-0.39, 0.29) is 5.91 Å². The molecule has 1 aromatic carbocycles. The Morgan fingerprint density at radius 1 is 1.05 bits per heavy atom. The van der Waals surface area contributed by atoms with Crippen LogP contribution in [0.15, 0.2) is 24.3 Å². The van der Waals surface area contributed by atoms with Crippen molar-refractivity contribution < 1.29 is 4.79 Å². The van der Waals surface area contributed by atoms with Crippen LogP contribution >= 0.6 is 11.6 Å². The zero-order valence-electron chi connectivity index (χ0n) is 13.1. The summed E-state index contributed by atoms with van der Waals surface area (Å²) < 4.78 is 0. The summed E-state index contributed by atoms with van der Waals surface area (Å²) in [6.07, 6.45) is 8.38. The predicted molar refractivity (Wildman–Crippen MR) is 90.4 cm³/mol. The van der Waals surface area contributed by atoms with Gasteiger partial charge in [0.05, 0.1) is 10.6 Å². The van der Waals surface area contributed by atoms with Crippen LogP contribution in [0.25, 0.3) is 0 Å². The van der Waals surface area contributed by atoms with Gasteiger partial charge in [-0.1, -0.05) is 49.4 Å². The number of hydrogen-bond acceptors (Lipinski definition) is 2. The smallest absolute Gasteiger partial charge is 0.255 e. The second kappa shape index (κ2) is 7.47. The Kier molecular flexibility index (Phi) is 5.37. The molecule has 1 saturated carbocycles. The summed E-state index contributed by atoms with van der Waals surface area (Å²) in [5.41, 5.74) is 0.653. The van der Waals surface area contributed by atoms with Crippen molar-refractivity contribution >= 4 is 17.5 Å². The Morgan fingerprint density at radius 3 is 2.41 bits per heavy atom. The van der Waals surface area contributed by atoms with E-state index in [1.54, 1.807) is 0 Å². The van der Waals surface area contributed by atoms with Gasteiger partial charge in [0.2, 0.25) is 0 Å². The maximum absolute atomic E-state index is 13.2. The largest absolute Gasteiger partial charge is 0.331 e. The zero-order valence-corrected chi connectivity index (χ0v) is 13.8. The molecule has 1 N–H and O–H groups in total. The summed E-state index contributed by atoms with van der Waals surface area (Å²) in [7, 11) is 0. The van der Waals surface area contributed by atoms with Gasteiger partial charge in [0.25, 0.3) is 5.91 Å². The number of nitrogens with one attached hydrogen (secondary N) is 1. The van der Waals surface area contributed by atoms with Crippen LogP contribution in [-0.4, -0.2) is 36.0 Å². The van der Waals surface area contributed by atoms with E-state index in [9.17, 15) is 4.79 Å². The standard InChI is InChI=1S/C18H25ClN2O/c19-17-10-6-5-9-16(17)18(22)21(15-11-12-20-13-15)14-7-3-1-2-4-8-14/h5-6,9-10,14-15,20H,1-4,7-8,11-13H2. The van der Waals surface area contributed by atoms with Crippen molar-refractivity contribution in [3.63, 3.8) is 0 Å². The van der Waals surface area contributed by atoms with Gasteiger partial charge in [-0.05, 0) is 37.9 Å². The normalized spacial score (nSPS) is 23.2. The third kappa shape index (κ3) is 3.47. The molecular weight excluding hydrogens is 296 g/mol. The quantitative estimate of drug-likeness (QED) is 0.858. The van der Waals surface area contributed by atoms with E-state index < -0.39 is 0 Å². The molecule has 1 unspecified atom stereocenters. The topological polar surface area (TPSA) is 32.3 Å². The van der Waals surface area contributed by atoms with Crippen LogP contribution in [0.2, 0.25) is 5.02 Å². The van der Waals surface area contributed by atoms with Gasteiger partial charge in [0.1, 0.15) is 0 Å². The average molecular weight is 321 g/mol. The molecule has 3 nitrogen and oxygen atoms in total. The van der Waals surface area contributed by atoms with E-state index in [0.717, 1.165) is 32.4 Å². The third-order valence-corrected chi connectivity index (χ3v) is 5.31. The van der Waals surface area contributed by atoms with Gasteiger partial charge in [0, 0.05) is 18.6 Å². The minimum atomic E-state index is 0.117. The molecule has 1 aliphatic heterocycles. The first-order valence-corrected chi connectivity index (χ1v) is 8.93. The third-order valence-electron chi connectivity index (χ3n) is 4.98. The molecule has 4 heteroatoms. The van der Waals surface area contributed by atoms with Crippen LogP contribution in [0.5, 0.6) is 0 Å². The summed E-state index contributed by atoms with van der Waals surface area (Å²) in [4.78, 5) is 15.3. The first-order chi connectivity index (χ1) is 10.8. The van der Waals surface area contributed by atoms with Crippen LogP contribution in [0.4, 0.5) is 0 Å². The maximum atomic E-state index is 13.2. The Hall–Kier alpha value is -1.06. The van der Waals surface area contributed by atoms with Crippen LogP contribution in [0.3, 0.4) is 0 Å². The van der Waals surface area contributed by atoms with Gasteiger partial charge in [-0.25, -0.2) is 0 Å². The first-order valence-electron chi connectivity index (χ1n) is 8.55.